The summed E-state index contributed by atoms with van der Waals surface area (Å²) >= 11 is 0. The van der Waals surface area contributed by atoms with E-state index in [1.165, 1.54) is 29.4 Å². The van der Waals surface area contributed by atoms with Crippen molar-refractivity contribution in [3.8, 4) is 0 Å². The number of alkyl halides is 3. The normalized spacial score (nSPS) is 13.9. The van der Waals surface area contributed by atoms with Crippen molar-refractivity contribution in [2.24, 2.45) is 5.73 Å². The third kappa shape index (κ3) is 7.03. The van der Waals surface area contributed by atoms with Gasteiger partial charge in [0, 0.05) is 44.0 Å². The molecule has 0 fully saturated rings. The number of carboxylic acids is 1. The third-order valence-electron chi connectivity index (χ3n) is 5.29. The molecule has 3 heterocycles. The summed E-state index contributed by atoms with van der Waals surface area (Å²) in [6, 6.07) is 3.08. The van der Waals surface area contributed by atoms with Gasteiger partial charge in [-0.15, -0.1) is 10.2 Å². The van der Waals surface area contributed by atoms with E-state index in [1.807, 2.05) is 0 Å². The van der Waals surface area contributed by atoms with E-state index in [2.05, 4.69) is 15.2 Å². The number of nitrogens with two attached hydrogens (primary N) is 1. The van der Waals surface area contributed by atoms with Crippen LogP contribution in [-0.2, 0) is 30.5 Å². The number of carbonyl (C=O) groups excluding carboxylic acids is 1. The van der Waals surface area contributed by atoms with Crippen LogP contribution < -0.4 is 5.73 Å². The summed E-state index contributed by atoms with van der Waals surface area (Å²) in [5, 5.41) is 15.0. The van der Waals surface area contributed by atoms with Crippen LogP contribution in [0.3, 0.4) is 0 Å². The van der Waals surface area contributed by atoms with Crippen LogP contribution in [0.25, 0.3) is 0 Å². The number of carboxylic acid groups (broad SMARTS) is 1. The molecule has 0 aliphatic carbocycles. The minimum atomic E-state index is -4.64. The lowest BCUT2D eigenvalue weighted by Crippen LogP contribution is -2.42. The van der Waals surface area contributed by atoms with Crippen LogP contribution in [0.2, 0.25) is 0 Å². The van der Waals surface area contributed by atoms with E-state index in [9.17, 15) is 35.9 Å². The average molecular weight is 530 g/mol. The molecule has 0 spiro atoms. The molecule has 3 N–H and O–H groups in total. The Morgan fingerprint density at radius 3 is 2.27 bits per heavy atom. The maximum Gasteiger partial charge on any atom is 0.451 e. The van der Waals surface area contributed by atoms with Gasteiger partial charge in [-0.3, -0.25) is 9.78 Å². The Morgan fingerprint density at radius 1 is 1.03 bits per heavy atom. The Bertz CT molecular complexity index is 1270. The van der Waals surface area contributed by atoms with Crippen LogP contribution in [0.4, 0.5) is 26.3 Å². The highest BCUT2D eigenvalue weighted by Gasteiger charge is 2.40. The van der Waals surface area contributed by atoms with Crippen molar-refractivity contribution >= 4 is 11.9 Å². The van der Waals surface area contributed by atoms with Gasteiger partial charge in [-0.25, -0.2) is 18.0 Å². The highest BCUT2D eigenvalue weighted by Crippen LogP contribution is 2.29. The zero-order chi connectivity index (χ0) is 27.3. The lowest BCUT2D eigenvalue weighted by molar-refractivity contribution is -0.148. The van der Waals surface area contributed by atoms with Crippen molar-refractivity contribution in [1.29, 1.82) is 0 Å². The zero-order valence-electron chi connectivity index (χ0n) is 18.9. The molecule has 1 aliphatic heterocycles. The molecule has 1 aromatic carbocycles. The van der Waals surface area contributed by atoms with Crippen molar-refractivity contribution in [2.45, 2.75) is 38.1 Å². The number of benzene rings is 1. The van der Waals surface area contributed by atoms with Crippen LogP contribution in [0.15, 0.2) is 36.7 Å². The number of carbonyl (C=O) groups is 2. The highest BCUT2D eigenvalue weighted by atomic mass is 19.4. The fraction of sp³-hybridized carbons (Fsp3) is 0.318. The number of fused-ring (bicyclic) bond motifs is 1. The Kier molecular flexibility index (Phi) is 8.47. The standard InChI is InChI=1S/C16H15F6N5O.C6H5NO2/c17-10-6-12(19)11(18)4-8(10)3-9(23)5-14(28)26-1-2-27-13(7-26)24-25-15(27)16(20,21)22;8-6(9)5-1-3-7-4-2-5/h4,6,9H,1-3,5,7,23H2;1-4H,(H,8,9)/t9-;/m1./s1. The lowest BCUT2D eigenvalue weighted by Gasteiger charge is -2.29. The van der Waals surface area contributed by atoms with Crippen molar-refractivity contribution in [3.63, 3.8) is 0 Å². The predicted molar refractivity (Wildman–Crippen MR) is 114 cm³/mol. The Morgan fingerprint density at radius 2 is 1.68 bits per heavy atom. The molecule has 0 bridgehead atoms. The van der Waals surface area contributed by atoms with Gasteiger partial charge in [-0.2, -0.15) is 13.2 Å². The van der Waals surface area contributed by atoms with Gasteiger partial charge >= 0.3 is 12.1 Å². The second-order valence-corrected chi connectivity index (χ2v) is 7.97. The van der Waals surface area contributed by atoms with Gasteiger partial charge in [-0.05, 0) is 30.2 Å². The molecule has 1 amide bonds. The smallest absolute Gasteiger partial charge is 0.451 e. The van der Waals surface area contributed by atoms with Gasteiger partial charge in [0.15, 0.2) is 17.5 Å². The number of rotatable bonds is 5. The van der Waals surface area contributed by atoms with Crippen molar-refractivity contribution < 1.29 is 41.0 Å². The van der Waals surface area contributed by atoms with E-state index < -0.39 is 47.4 Å². The summed E-state index contributed by atoms with van der Waals surface area (Å²) in [5.74, 6) is -6.07. The summed E-state index contributed by atoms with van der Waals surface area (Å²) in [4.78, 5) is 27.5. The minimum absolute atomic E-state index is 0.000783. The average Bonchev–Trinajstić information content (AvgIpc) is 3.27. The van der Waals surface area contributed by atoms with Crippen LogP contribution in [0.1, 0.15) is 34.0 Å². The quantitative estimate of drug-likeness (QED) is 0.384. The molecule has 9 nitrogen and oxygen atoms in total. The maximum atomic E-state index is 13.7. The fourth-order valence-electron chi connectivity index (χ4n) is 3.50. The van der Waals surface area contributed by atoms with Gasteiger partial charge in [-0.1, -0.05) is 0 Å². The first-order valence-corrected chi connectivity index (χ1v) is 10.7. The van der Waals surface area contributed by atoms with E-state index in [-0.39, 0.29) is 49.4 Å². The molecule has 3 aromatic rings. The number of hydrogen-bond donors (Lipinski definition) is 2. The first-order chi connectivity index (χ1) is 17.4. The van der Waals surface area contributed by atoms with E-state index in [1.54, 1.807) is 0 Å². The van der Waals surface area contributed by atoms with Crippen molar-refractivity contribution in [2.75, 3.05) is 6.54 Å². The molecule has 0 saturated heterocycles. The molecule has 4 rings (SSSR count). The first kappa shape index (κ1) is 27.6. The number of aromatic carboxylic acids is 1. The molecule has 0 saturated carbocycles. The Hall–Kier alpha value is -4.01. The summed E-state index contributed by atoms with van der Waals surface area (Å²) < 4.78 is 79.3. The van der Waals surface area contributed by atoms with Crippen LogP contribution in [0, 0.1) is 17.5 Å². The molecule has 37 heavy (non-hydrogen) atoms. The topological polar surface area (TPSA) is 127 Å². The van der Waals surface area contributed by atoms with E-state index in [0.717, 1.165) is 4.57 Å². The molecular weight excluding hydrogens is 510 g/mol. The molecule has 0 unspecified atom stereocenters. The predicted octanol–water partition coefficient (Wildman–Crippen LogP) is 2.80. The molecular formula is C22H20F6N6O3. The number of amides is 1. The van der Waals surface area contributed by atoms with Crippen molar-refractivity contribution in [3.05, 3.63) is 76.9 Å². The SMILES string of the molecule is N[C@@H](CC(=O)N1CCn2c(nnc2C(F)(F)F)C1)Cc1cc(F)c(F)cc1F.O=C(O)c1ccncc1. The molecule has 1 atom stereocenters. The second-order valence-electron chi connectivity index (χ2n) is 7.97. The maximum absolute atomic E-state index is 13.7. The zero-order valence-corrected chi connectivity index (χ0v) is 18.9. The second kappa shape index (κ2) is 11.4. The van der Waals surface area contributed by atoms with Crippen LogP contribution in [-0.4, -0.2) is 54.2 Å². The number of pyridine rings is 1. The van der Waals surface area contributed by atoms with Gasteiger partial charge in [0.05, 0.1) is 12.1 Å². The molecule has 2 aromatic heterocycles. The van der Waals surface area contributed by atoms with Crippen LogP contribution in [0.5, 0.6) is 0 Å². The summed E-state index contributed by atoms with van der Waals surface area (Å²) in [5.41, 5.74) is 5.91. The lowest BCUT2D eigenvalue weighted by atomic mass is 10.0. The van der Waals surface area contributed by atoms with Crippen LogP contribution >= 0.6 is 0 Å². The first-order valence-electron chi connectivity index (χ1n) is 10.7. The fourth-order valence-corrected chi connectivity index (χ4v) is 3.50. The Labute approximate surface area is 205 Å². The summed E-state index contributed by atoms with van der Waals surface area (Å²) in [7, 11) is 0. The van der Waals surface area contributed by atoms with E-state index in [4.69, 9.17) is 10.8 Å². The van der Waals surface area contributed by atoms with Gasteiger partial charge in [0.2, 0.25) is 11.7 Å². The highest BCUT2D eigenvalue weighted by molar-refractivity contribution is 5.87. The summed E-state index contributed by atoms with van der Waals surface area (Å²) in [6.45, 7) is -0.302. The largest absolute Gasteiger partial charge is 0.478 e. The van der Waals surface area contributed by atoms with E-state index in [0.29, 0.717) is 12.1 Å². The number of nitrogens with zero attached hydrogens (tertiary/aromatic N) is 5. The minimum Gasteiger partial charge on any atom is -0.478 e. The van der Waals surface area contributed by atoms with Gasteiger partial charge < -0.3 is 20.3 Å². The Balaban J connectivity index is 0.000000356. The van der Waals surface area contributed by atoms with E-state index >= 15 is 0 Å². The third-order valence-corrected chi connectivity index (χ3v) is 5.29. The molecule has 0 radical (unpaired) electrons. The molecule has 1 aliphatic rings. The van der Waals surface area contributed by atoms with Gasteiger partial charge in [0.25, 0.3) is 0 Å². The molecule has 198 valence electrons. The number of hydrogen-bond acceptors (Lipinski definition) is 6. The number of halogens is 6. The summed E-state index contributed by atoms with van der Waals surface area (Å²) in [6.07, 6.45) is -2.21. The number of aromatic nitrogens is 4. The molecule has 15 heteroatoms. The monoisotopic (exact) mass is 530 g/mol. The van der Waals surface area contributed by atoms with Crippen molar-refractivity contribution in [1.82, 2.24) is 24.6 Å². The van der Waals surface area contributed by atoms with Gasteiger partial charge in [0.1, 0.15) is 5.82 Å².